The molecule has 1 aromatic carbocycles. The monoisotopic (exact) mass is 423 g/mol. The molecule has 2 fully saturated rings. The minimum atomic E-state index is -0.641. The first-order valence-corrected chi connectivity index (χ1v) is 11.7. The number of piperidine rings is 1. The number of nitrogens with zero attached hydrogens (tertiary/aromatic N) is 3. The first-order valence-electron chi connectivity index (χ1n) is 11.7. The summed E-state index contributed by atoms with van der Waals surface area (Å²) in [6.45, 7) is 6.02. The highest BCUT2D eigenvalue weighted by atomic mass is 16.5. The molecule has 0 bridgehead atoms. The third-order valence-electron chi connectivity index (χ3n) is 6.66. The van der Waals surface area contributed by atoms with E-state index in [9.17, 15) is 9.59 Å². The molecule has 0 atom stereocenters. The van der Waals surface area contributed by atoms with Crippen molar-refractivity contribution in [3.05, 3.63) is 52.1 Å². The summed E-state index contributed by atoms with van der Waals surface area (Å²) < 4.78 is 6.89. The Kier molecular flexibility index (Phi) is 6.73. The van der Waals surface area contributed by atoms with E-state index in [2.05, 4.69) is 22.9 Å². The van der Waals surface area contributed by atoms with Gasteiger partial charge in [0.25, 0.3) is 5.56 Å². The summed E-state index contributed by atoms with van der Waals surface area (Å²) in [5, 5.41) is 0. The van der Waals surface area contributed by atoms with Crippen LogP contribution in [0.1, 0.15) is 75.3 Å². The molecule has 1 saturated heterocycles. The van der Waals surface area contributed by atoms with Gasteiger partial charge in [-0.1, -0.05) is 44.4 Å². The van der Waals surface area contributed by atoms with Crippen LogP contribution < -0.4 is 5.56 Å². The zero-order valence-electron chi connectivity index (χ0n) is 18.7. The molecule has 0 unspecified atom stereocenters. The highest BCUT2D eigenvalue weighted by molar-refractivity contribution is 5.89. The third kappa shape index (κ3) is 4.53. The molecule has 1 aliphatic carbocycles. The molecule has 4 rings (SSSR count). The van der Waals surface area contributed by atoms with Gasteiger partial charge in [0.05, 0.1) is 17.6 Å². The van der Waals surface area contributed by atoms with Crippen molar-refractivity contribution in [2.75, 3.05) is 19.7 Å². The number of ether oxygens (including phenoxy) is 1. The maximum absolute atomic E-state index is 13.3. The molecule has 1 saturated carbocycles. The Morgan fingerprint density at radius 2 is 1.90 bits per heavy atom. The van der Waals surface area contributed by atoms with Gasteiger partial charge in [-0.3, -0.25) is 4.79 Å². The fourth-order valence-corrected chi connectivity index (χ4v) is 4.83. The molecule has 6 nitrogen and oxygen atoms in total. The molecule has 31 heavy (non-hydrogen) atoms. The van der Waals surface area contributed by atoms with Gasteiger partial charge in [0.2, 0.25) is 5.69 Å². The van der Waals surface area contributed by atoms with Crippen molar-refractivity contribution in [2.45, 2.75) is 64.8 Å². The predicted octanol–water partition coefficient (Wildman–Crippen LogP) is 4.69. The lowest BCUT2D eigenvalue weighted by molar-refractivity contribution is 0.0516. The van der Waals surface area contributed by atoms with Crippen molar-refractivity contribution >= 4 is 17.0 Å². The van der Waals surface area contributed by atoms with E-state index in [1.54, 1.807) is 11.5 Å². The number of fused-ring (bicyclic) bond motifs is 1. The molecule has 2 aliphatic rings. The topological polar surface area (TPSA) is 64.4 Å². The van der Waals surface area contributed by atoms with E-state index in [4.69, 9.17) is 4.74 Å². The second-order valence-corrected chi connectivity index (χ2v) is 8.67. The molecule has 1 aromatic heterocycles. The number of carbonyl (C=O) groups excluding carboxylic acids is 1. The van der Waals surface area contributed by atoms with Crippen LogP contribution in [-0.4, -0.2) is 40.1 Å². The molecule has 6 heteroatoms. The Bertz CT molecular complexity index is 1010. The van der Waals surface area contributed by atoms with Crippen LogP contribution in [0.15, 0.2) is 40.8 Å². The summed E-state index contributed by atoms with van der Waals surface area (Å²) in [7, 11) is 0. The van der Waals surface area contributed by atoms with E-state index in [1.165, 1.54) is 31.4 Å². The van der Waals surface area contributed by atoms with Gasteiger partial charge < -0.3 is 14.2 Å². The summed E-state index contributed by atoms with van der Waals surface area (Å²) in [6, 6.07) is 7.62. The van der Waals surface area contributed by atoms with Crippen molar-refractivity contribution < 1.29 is 9.53 Å². The summed E-state index contributed by atoms with van der Waals surface area (Å²) >= 11 is 0. The number of aromatic nitrogens is 2. The highest BCUT2D eigenvalue weighted by Crippen LogP contribution is 2.35. The van der Waals surface area contributed by atoms with E-state index in [1.807, 2.05) is 24.3 Å². The maximum atomic E-state index is 13.3. The molecule has 0 N–H and O–H groups in total. The number of benzene rings is 1. The van der Waals surface area contributed by atoms with Crippen LogP contribution >= 0.6 is 0 Å². The Morgan fingerprint density at radius 1 is 1.16 bits per heavy atom. The van der Waals surface area contributed by atoms with Gasteiger partial charge in [0.15, 0.2) is 0 Å². The van der Waals surface area contributed by atoms with Crippen LogP contribution in [0.25, 0.3) is 11.0 Å². The Morgan fingerprint density at radius 3 is 2.55 bits per heavy atom. The number of likely N-dealkylation sites (tertiary alicyclic amines) is 1. The van der Waals surface area contributed by atoms with Gasteiger partial charge in [-0.2, -0.15) is 0 Å². The summed E-state index contributed by atoms with van der Waals surface area (Å²) in [6.07, 6.45) is 10.4. The SMILES string of the molecule is CC/C=C(\CC1CCC1)N1CCC(n2c(=O)c(C(=O)OCC)nc3ccccc32)CC1. The lowest BCUT2D eigenvalue weighted by atomic mass is 9.81. The molecule has 0 spiro atoms. The molecule has 0 radical (unpaired) electrons. The van der Waals surface area contributed by atoms with E-state index in [0.717, 1.165) is 43.8 Å². The zero-order chi connectivity index (χ0) is 21.8. The quantitative estimate of drug-likeness (QED) is 0.604. The minimum absolute atomic E-state index is 0.0522. The average molecular weight is 424 g/mol. The van der Waals surface area contributed by atoms with Gasteiger partial charge >= 0.3 is 5.97 Å². The maximum Gasteiger partial charge on any atom is 0.362 e. The number of allylic oxidation sites excluding steroid dienone is 2. The van der Waals surface area contributed by atoms with Crippen LogP contribution in [-0.2, 0) is 4.74 Å². The van der Waals surface area contributed by atoms with Crippen molar-refractivity contribution in [2.24, 2.45) is 5.92 Å². The first-order chi connectivity index (χ1) is 15.1. The van der Waals surface area contributed by atoms with E-state index in [0.29, 0.717) is 5.52 Å². The zero-order valence-corrected chi connectivity index (χ0v) is 18.7. The number of rotatable bonds is 7. The highest BCUT2D eigenvalue weighted by Gasteiger charge is 2.28. The largest absolute Gasteiger partial charge is 0.461 e. The lowest BCUT2D eigenvalue weighted by Gasteiger charge is -2.38. The molecule has 166 valence electrons. The third-order valence-corrected chi connectivity index (χ3v) is 6.66. The average Bonchev–Trinajstić information content (AvgIpc) is 2.75. The van der Waals surface area contributed by atoms with Gasteiger partial charge in [0.1, 0.15) is 0 Å². The molecular weight excluding hydrogens is 390 g/mol. The van der Waals surface area contributed by atoms with Crippen LogP contribution in [0, 0.1) is 5.92 Å². The van der Waals surface area contributed by atoms with E-state index in [-0.39, 0.29) is 23.9 Å². The first kappa shape index (κ1) is 21.6. The molecular formula is C25H33N3O3. The summed E-state index contributed by atoms with van der Waals surface area (Å²) in [4.78, 5) is 32.5. The Balaban J connectivity index is 1.59. The fourth-order valence-electron chi connectivity index (χ4n) is 4.83. The van der Waals surface area contributed by atoms with Crippen LogP contribution in [0.5, 0.6) is 0 Å². The number of esters is 1. The summed E-state index contributed by atoms with van der Waals surface area (Å²) in [5.74, 6) is 0.201. The lowest BCUT2D eigenvalue weighted by Crippen LogP contribution is -2.39. The summed E-state index contributed by atoms with van der Waals surface area (Å²) in [5.41, 5.74) is 2.47. The number of para-hydroxylation sites is 2. The number of hydrogen-bond donors (Lipinski definition) is 0. The van der Waals surface area contributed by atoms with Crippen LogP contribution in [0.3, 0.4) is 0 Å². The second kappa shape index (κ2) is 9.67. The van der Waals surface area contributed by atoms with Gasteiger partial charge in [0, 0.05) is 24.8 Å². The van der Waals surface area contributed by atoms with Gasteiger partial charge in [-0.25, -0.2) is 9.78 Å². The van der Waals surface area contributed by atoms with Gasteiger partial charge in [-0.05, 0) is 50.7 Å². The normalized spacial score (nSPS) is 18.3. The van der Waals surface area contributed by atoms with E-state index < -0.39 is 5.97 Å². The second-order valence-electron chi connectivity index (χ2n) is 8.67. The molecule has 0 amide bonds. The smallest absolute Gasteiger partial charge is 0.362 e. The van der Waals surface area contributed by atoms with Crippen molar-refractivity contribution in [1.29, 1.82) is 0 Å². The van der Waals surface area contributed by atoms with Crippen molar-refractivity contribution in [1.82, 2.24) is 14.5 Å². The van der Waals surface area contributed by atoms with Crippen LogP contribution in [0.4, 0.5) is 0 Å². The Hall–Kier alpha value is -2.63. The van der Waals surface area contributed by atoms with E-state index >= 15 is 0 Å². The molecule has 2 heterocycles. The van der Waals surface area contributed by atoms with Crippen molar-refractivity contribution in [3.63, 3.8) is 0 Å². The van der Waals surface area contributed by atoms with Crippen LogP contribution in [0.2, 0.25) is 0 Å². The molecule has 1 aliphatic heterocycles. The minimum Gasteiger partial charge on any atom is -0.461 e. The molecule has 2 aromatic rings. The predicted molar refractivity (Wildman–Crippen MR) is 122 cm³/mol. The number of hydrogen-bond acceptors (Lipinski definition) is 5. The van der Waals surface area contributed by atoms with Gasteiger partial charge in [-0.15, -0.1) is 0 Å². The van der Waals surface area contributed by atoms with Crippen molar-refractivity contribution in [3.8, 4) is 0 Å². The fraction of sp³-hybridized carbons (Fsp3) is 0.560. The standard InChI is InChI=1S/C25H33N3O3/c1-3-8-20(17-18-9-7-10-18)27-15-13-19(14-16-27)28-22-12-6-5-11-21(22)26-23(24(28)29)25(30)31-4-2/h5-6,8,11-12,18-19H,3-4,7,9-10,13-17H2,1-2H3/b20-8+. The number of carbonyl (C=O) groups is 1. The Labute approximate surface area is 183 Å².